The summed E-state index contributed by atoms with van der Waals surface area (Å²) in [6.45, 7) is 5.75. The minimum Gasteiger partial charge on any atom is -0.490 e. The first-order valence-corrected chi connectivity index (χ1v) is 6.37. The molecule has 0 amide bonds. The van der Waals surface area contributed by atoms with Gasteiger partial charge in [-0.1, -0.05) is 6.07 Å². The number of piperazine rings is 1. The number of nitro benzene ring substituents is 1. The van der Waals surface area contributed by atoms with E-state index in [1.807, 2.05) is 6.07 Å². The van der Waals surface area contributed by atoms with Crippen molar-refractivity contribution < 1.29 is 9.66 Å². The average molecular weight is 265 g/mol. The van der Waals surface area contributed by atoms with E-state index in [9.17, 15) is 10.1 Å². The molecule has 0 aliphatic carbocycles. The summed E-state index contributed by atoms with van der Waals surface area (Å²) in [6.07, 6.45) is 0. The van der Waals surface area contributed by atoms with Crippen LogP contribution in [0.1, 0.15) is 12.5 Å². The van der Waals surface area contributed by atoms with E-state index in [-0.39, 0.29) is 5.69 Å². The highest BCUT2D eigenvalue weighted by atomic mass is 16.6. The first-order valence-electron chi connectivity index (χ1n) is 6.37. The van der Waals surface area contributed by atoms with Gasteiger partial charge in [0, 0.05) is 38.3 Å². The van der Waals surface area contributed by atoms with Gasteiger partial charge in [0.05, 0.1) is 12.0 Å². The number of benzene rings is 1. The fourth-order valence-corrected chi connectivity index (χ4v) is 2.39. The summed E-state index contributed by atoms with van der Waals surface area (Å²) < 4.78 is 5.00. The van der Waals surface area contributed by atoms with Crippen LogP contribution < -0.4 is 10.1 Å². The van der Waals surface area contributed by atoms with Crippen molar-refractivity contribution in [3.8, 4) is 5.75 Å². The Morgan fingerprint density at radius 3 is 3.00 bits per heavy atom. The lowest BCUT2D eigenvalue weighted by atomic mass is 10.1. The molecule has 0 radical (unpaired) electrons. The Bertz CT molecular complexity index is 464. The predicted molar refractivity (Wildman–Crippen MR) is 72.4 cm³/mol. The summed E-state index contributed by atoms with van der Waals surface area (Å²) in [5.41, 5.74) is 0.977. The lowest BCUT2D eigenvalue weighted by Crippen LogP contribution is -2.48. The van der Waals surface area contributed by atoms with Crippen molar-refractivity contribution in [1.82, 2.24) is 10.2 Å². The maximum absolute atomic E-state index is 11.0. The third-order valence-corrected chi connectivity index (χ3v) is 3.30. The van der Waals surface area contributed by atoms with Crippen molar-refractivity contribution in [1.29, 1.82) is 0 Å². The zero-order valence-corrected chi connectivity index (χ0v) is 11.3. The highest BCUT2D eigenvalue weighted by Crippen LogP contribution is 2.28. The van der Waals surface area contributed by atoms with Crippen LogP contribution in [0.4, 0.5) is 5.69 Å². The molecule has 0 saturated carbocycles. The van der Waals surface area contributed by atoms with Gasteiger partial charge in [-0.15, -0.1) is 0 Å². The molecule has 1 aromatic carbocycles. The molecule has 6 nitrogen and oxygen atoms in total. The third-order valence-electron chi connectivity index (χ3n) is 3.30. The Labute approximate surface area is 112 Å². The number of methoxy groups -OCH3 is 1. The number of nitrogens with zero attached hydrogens (tertiary/aromatic N) is 2. The molecule has 1 heterocycles. The fourth-order valence-electron chi connectivity index (χ4n) is 2.39. The summed E-state index contributed by atoms with van der Waals surface area (Å²) in [5, 5.41) is 14.4. The van der Waals surface area contributed by atoms with Crippen LogP contribution in [0, 0.1) is 10.1 Å². The summed E-state index contributed by atoms with van der Waals surface area (Å²) in [4.78, 5) is 12.9. The van der Waals surface area contributed by atoms with Gasteiger partial charge in [-0.3, -0.25) is 15.0 Å². The second-order valence-corrected chi connectivity index (χ2v) is 4.85. The molecule has 1 fully saturated rings. The van der Waals surface area contributed by atoms with Gasteiger partial charge in [-0.2, -0.15) is 0 Å². The normalized spacial score (nSPS) is 20.2. The minimum atomic E-state index is -0.400. The Morgan fingerprint density at radius 2 is 2.37 bits per heavy atom. The van der Waals surface area contributed by atoms with Crippen LogP contribution in [0.3, 0.4) is 0 Å². The quantitative estimate of drug-likeness (QED) is 0.658. The van der Waals surface area contributed by atoms with Crippen LogP contribution in [0.5, 0.6) is 5.75 Å². The molecule has 0 aromatic heterocycles. The van der Waals surface area contributed by atoms with Crippen LogP contribution in [-0.2, 0) is 6.54 Å². The second-order valence-electron chi connectivity index (χ2n) is 4.85. The number of hydrogen-bond donors (Lipinski definition) is 1. The van der Waals surface area contributed by atoms with Gasteiger partial charge in [0.2, 0.25) is 0 Å². The van der Waals surface area contributed by atoms with Gasteiger partial charge in [-0.05, 0) is 18.6 Å². The predicted octanol–water partition coefficient (Wildman–Crippen LogP) is 1.40. The topological polar surface area (TPSA) is 67.6 Å². The van der Waals surface area contributed by atoms with Crippen molar-refractivity contribution in [3.63, 3.8) is 0 Å². The number of rotatable bonds is 4. The second kappa shape index (κ2) is 5.99. The molecule has 104 valence electrons. The van der Waals surface area contributed by atoms with Gasteiger partial charge in [0.25, 0.3) is 0 Å². The SMILES string of the molecule is COc1ccc(CN2CCN[C@@H](C)C2)cc1[N+](=O)[O-]. The Hall–Kier alpha value is -1.66. The van der Waals surface area contributed by atoms with Crippen molar-refractivity contribution >= 4 is 5.69 Å². The number of nitro groups is 1. The number of nitrogens with one attached hydrogen (secondary N) is 1. The zero-order valence-electron chi connectivity index (χ0n) is 11.3. The summed E-state index contributed by atoms with van der Waals surface area (Å²) >= 11 is 0. The van der Waals surface area contributed by atoms with Gasteiger partial charge in [-0.25, -0.2) is 0 Å². The Kier molecular flexibility index (Phi) is 4.34. The molecule has 1 aromatic rings. The van der Waals surface area contributed by atoms with Gasteiger partial charge < -0.3 is 10.1 Å². The lowest BCUT2D eigenvalue weighted by molar-refractivity contribution is -0.385. The molecule has 1 atom stereocenters. The van der Waals surface area contributed by atoms with Crippen LogP contribution in [0.15, 0.2) is 18.2 Å². The maximum atomic E-state index is 11.0. The molecule has 1 saturated heterocycles. The highest BCUT2D eigenvalue weighted by molar-refractivity contribution is 5.48. The molecule has 6 heteroatoms. The molecule has 1 N–H and O–H groups in total. The largest absolute Gasteiger partial charge is 0.490 e. The Morgan fingerprint density at radius 1 is 1.58 bits per heavy atom. The number of ether oxygens (including phenoxy) is 1. The monoisotopic (exact) mass is 265 g/mol. The number of hydrogen-bond acceptors (Lipinski definition) is 5. The van der Waals surface area contributed by atoms with Crippen LogP contribution in [0.2, 0.25) is 0 Å². The summed E-state index contributed by atoms with van der Waals surface area (Å²) in [7, 11) is 1.44. The van der Waals surface area contributed by atoms with Gasteiger partial charge >= 0.3 is 5.69 Å². The van der Waals surface area contributed by atoms with E-state index in [4.69, 9.17) is 4.74 Å². The van der Waals surface area contributed by atoms with Crippen molar-refractivity contribution in [2.75, 3.05) is 26.7 Å². The van der Waals surface area contributed by atoms with Crippen LogP contribution in [0.25, 0.3) is 0 Å². The van der Waals surface area contributed by atoms with Crippen LogP contribution >= 0.6 is 0 Å². The van der Waals surface area contributed by atoms with E-state index in [1.54, 1.807) is 12.1 Å². The molecular weight excluding hydrogens is 246 g/mol. The molecule has 0 bridgehead atoms. The molecule has 1 aliphatic heterocycles. The maximum Gasteiger partial charge on any atom is 0.311 e. The molecule has 1 aliphatic rings. The lowest BCUT2D eigenvalue weighted by Gasteiger charge is -2.31. The van der Waals surface area contributed by atoms with E-state index >= 15 is 0 Å². The summed E-state index contributed by atoms with van der Waals surface area (Å²) in [5.74, 6) is 0.308. The first kappa shape index (κ1) is 13.8. The highest BCUT2D eigenvalue weighted by Gasteiger charge is 2.19. The standard InChI is InChI=1S/C13H19N3O3/c1-10-8-15(6-5-14-10)9-11-3-4-13(19-2)12(7-11)16(17)18/h3-4,7,10,14H,5-6,8-9H2,1-2H3/t10-/m0/s1. The smallest absolute Gasteiger partial charge is 0.311 e. The van der Waals surface area contributed by atoms with E-state index in [0.29, 0.717) is 11.8 Å². The Balaban J connectivity index is 2.12. The third kappa shape index (κ3) is 3.42. The molecular formula is C13H19N3O3. The average Bonchev–Trinajstić information content (AvgIpc) is 2.38. The van der Waals surface area contributed by atoms with E-state index in [0.717, 1.165) is 31.7 Å². The van der Waals surface area contributed by atoms with E-state index < -0.39 is 4.92 Å². The van der Waals surface area contributed by atoms with Gasteiger partial charge in [0.15, 0.2) is 5.75 Å². The van der Waals surface area contributed by atoms with E-state index in [2.05, 4.69) is 17.1 Å². The van der Waals surface area contributed by atoms with Crippen LogP contribution in [-0.4, -0.2) is 42.6 Å². The molecule has 0 spiro atoms. The van der Waals surface area contributed by atoms with Gasteiger partial charge in [0.1, 0.15) is 0 Å². The fraction of sp³-hybridized carbons (Fsp3) is 0.538. The van der Waals surface area contributed by atoms with Crippen molar-refractivity contribution in [3.05, 3.63) is 33.9 Å². The molecule has 0 unspecified atom stereocenters. The molecule has 19 heavy (non-hydrogen) atoms. The van der Waals surface area contributed by atoms with Crippen molar-refractivity contribution in [2.45, 2.75) is 19.5 Å². The first-order chi connectivity index (χ1) is 9.10. The van der Waals surface area contributed by atoms with Crippen molar-refractivity contribution in [2.24, 2.45) is 0 Å². The minimum absolute atomic E-state index is 0.0307. The molecule has 2 rings (SSSR count). The zero-order chi connectivity index (χ0) is 13.8. The summed E-state index contributed by atoms with van der Waals surface area (Å²) in [6, 6.07) is 5.62. The van der Waals surface area contributed by atoms with E-state index in [1.165, 1.54) is 7.11 Å².